The molecule has 0 fully saturated rings. The van der Waals surface area contributed by atoms with Crippen LogP contribution >= 0.6 is 23.7 Å². The topological polar surface area (TPSA) is 50.4 Å². The number of thiophene rings is 1. The number of hydrogen-bond acceptors (Lipinski definition) is 4. The first-order valence-corrected chi connectivity index (χ1v) is 8.09. The van der Waals surface area contributed by atoms with Gasteiger partial charge in [-0.05, 0) is 62.0 Å². The van der Waals surface area contributed by atoms with E-state index in [-0.39, 0.29) is 24.1 Å². The molecule has 2 rings (SSSR count). The Balaban J connectivity index is 0.00000312. The lowest BCUT2D eigenvalue weighted by atomic mass is 10.2. The van der Waals surface area contributed by atoms with Crippen LogP contribution in [0.3, 0.4) is 0 Å². The molecule has 138 valence electrons. The zero-order valence-electron chi connectivity index (χ0n) is 13.4. The zero-order valence-corrected chi connectivity index (χ0v) is 15.0. The highest BCUT2D eigenvalue weighted by atomic mass is 35.5. The van der Waals surface area contributed by atoms with Crippen molar-refractivity contribution in [3.8, 4) is 16.2 Å². The van der Waals surface area contributed by atoms with Crippen LogP contribution in [0.1, 0.15) is 16.1 Å². The SMILES string of the molecule is CNCCCNC(=O)c1ccc(-c2ccc(OC(F)(F)F)cc2)s1.Cl. The first kappa shape index (κ1) is 21.3. The van der Waals surface area contributed by atoms with Crippen LogP contribution in [0.25, 0.3) is 10.4 Å². The molecular weight excluding hydrogens is 377 g/mol. The van der Waals surface area contributed by atoms with Crippen molar-refractivity contribution in [2.24, 2.45) is 0 Å². The molecule has 0 aliphatic rings. The van der Waals surface area contributed by atoms with Crippen LogP contribution in [-0.2, 0) is 0 Å². The average Bonchev–Trinajstić information content (AvgIpc) is 3.00. The number of amides is 1. The maximum absolute atomic E-state index is 12.1. The standard InChI is InChI=1S/C16H17F3N2O2S.ClH/c1-20-9-2-10-21-15(22)14-8-7-13(24-14)11-3-5-12(6-4-11)23-16(17,18)19;/h3-8,20H,2,9-10H2,1H3,(H,21,22);1H. The number of halogens is 4. The highest BCUT2D eigenvalue weighted by Gasteiger charge is 2.30. The molecule has 4 nitrogen and oxygen atoms in total. The summed E-state index contributed by atoms with van der Waals surface area (Å²) in [6, 6.07) is 9.03. The van der Waals surface area contributed by atoms with E-state index in [2.05, 4.69) is 15.4 Å². The number of nitrogens with one attached hydrogen (secondary N) is 2. The van der Waals surface area contributed by atoms with Gasteiger partial charge in [-0.1, -0.05) is 0 Å². The molecule has 0 spiro atoms. The second-order valence-electron chi connectivity index (χ2n) is 4.95. The van der Waals surface area contributed by atoms with E-state index in [0.717, 1.165) is 23.4 Å². The molecule has 0 unspecified atom stereocenters. The van der Waals surface area contributed by atoms with Crippen molar-refractivity contribution in [2.75, 3.05) is 20.1 Å². The van der Waals surface area contributed by atoms with Gasteiger partial charge in [-0.3, -0.25) is 4.79 Å². The molecule has 0 radical (unpaired) electrons. The monoisotopic (exact) mass is 394 g/mol. The van der Waals surface area contributed by atoms with Gasteiger partial charge >= 0.3 is 6.36 Å². The second-order valence-corrected chi connectivity index (χ2v) is 6.03. The number of alkyl halides is 3. The lowest BCUT2D eigenvalue weighted by Crippen LogP contribution is -2.25. The third kappa shape index (κ3) is 6.93. The molecule has 0 atom stereocenters. The van der Waals surface area contributed by atoms with Crippen molar-refractivity contribution in [3.63, 3.8) is 0 Å². The van der Waals surface area contributed by atoms with Crippen molar-refractivity contribution in [2.45, 2.75) is 12.8 Å². The molecule has 0 bridgehead atoms. The molecule has 0 aliphatic heterocycles. The molecule has 0 saturated heterocycles. The van der Waals surface area contributed by atoms with Crippen LogP contribution in [0, 0.1) is 0 Å². The van der Waals surface area contributed by atoms with Crippen molar-refractivity contribution in [1.82, 2.24) is 10.6 Å². The van der Waals surface area contributed by atoms with Crippen molar-refractivity contribution in [3.05, 3.63) is 41.3 Å². The van der Waals surface area contributed by atoms with Gasteiger partial charge in [0.1, 0.15) is 5.75 Å². The van der Waals surface area contributed by atoms with Crippen LogP contribution in [0.5, 0.6) is 5.75 Å². The van der Waals surface area contributed by atoms with E-state index in [1.54, 1.807) is 12.1 Å². The van der Waals surface area contributed by atoms with E-state index in [9.17, 15) is 18.0 Å². The summed E-state index contributed by atoms with van der Waals surface area (Å²) >= 11 is 1.29. The summed E-state index contributed by atoms with van der Waals surface area (Å²) < 4.78 is 40.3. The molecule has 9 heteroatoms. The van der Waals surface area contributed by atoms with Gasteiger partial charge in [0.25, 0.3) is 5.91 Å². The molecule has 2 aromatic rings. The molecule has 0 aliphatic carbocycles. The van der Waals surface area contributed by atoms with Crippen LogP contribution in [0.15, 0.2) is 36.4 Å². The molecule has 1 amide bonds. The first-order valence-electron chi connectivity index (χ1n) is 7.28. The van der Waals surface area contributed by atoms with E-state index in [0.29, 0.717) is 11.4 Å². The predicted octanol–water partition coefficient (Wildman–Crippen LogP) is 4.07. The van der Waals surface area contributed by atoms with Crippen molar-refractivity contribution < 1.29 is 22.7 Å². The lowest BCUT2D eigenvalue weighted by Gasteiger charge is -2.08. The van der Waals surface area contributed by atoms with Crippen LogP contribution in [-0.4, -0.2) is 32.4 Å². The minimum Gasteiger partial charge on any atom is -0.406 e. The van der Waals surface area contributed by atoms with Gasteiger partial charge < -0.3 is 15.4 Å². The van der Waals surface area contributed by atoms with Gasteiger partial charge in [-0.25, -0.2) is 0 Å². The van der Waals surface area contributed by atoms with E-state index >= 15 is 0 Å². The minimum absolute atomic E-state index is 0. The van der Waals surface area contributed by atoms with Crippen molar-refractivity contribution in [1.29, 1.82) is 0 Å². The summed E-state index contributed by atoms with van der Waals surface area (Å²) in [5.74, 6) is -0.426. The Morgan fingerprint density at radius 1 is 1.12 bits per heavy atom. The van der Waals surface area contributed by atoms with Gasteiger partial charge in [0.05, 0.1) is 4.88 Å². The number of carbonyl (C=O) groups excluding carboxylic acids is 1. The maximum atomic E-state index is 12.1. The molecule has 1 heterocycles. The number of benzene rings is 1. The second kappa shape index (κ2) is 9.65. The number of ether oxygens (including phenoxy) is 1. The third-order valence-electron chi connectivity index (χ3n) is 3.09. The summed E-state index contributed by atoms with van der Waals surface area (Å²) in [4.78, 5) is 13.4. The molecular formula is C16H18ClF3N2O2S. The summed E-state index contributed by atoms with van der Waals surface area (Å²) in [5.41, 5.74) is 0.726. The fraction of sp³-hybridized carbons (Fsp3) is 0.312. The largest absolute Gasteiger partial charge is 0.573 e. The van der Waals surface area contributed by atoms with Gasteiger partial charge in [0.15, 0.2) is 0 Å². The van der Waals surface area contributed by atoms with Gasteiger partial charge in [0, 0.05) is 11.4 Å². The van der Waals surface area contributed by atoms with Gasteiger partial charge in [0.2, 0.25) is 0 Å². The Labute approximate surface area is 153 Å². The Morgan fingerprint density at radius 2 is 1.80 bits per heavy atom. The lowest BCUT2D eigenvalue weighted by molar-refractivity contribution is -0.274. The minimum atomic E-state index is -4.71. The molecule has 25 heavy (non-hydrogen) atoms. The first-order chi connectivity index (χ1) is 11.4. The summed E-state index contributed by atoms with van der Waals surface area (Å²) in [7, 11) is 1.85. The smallest absolute Gasteiger partial charge is 0.406 e. The molecule has 1 aromatic heterocycles. The van der Waals surface area contributed by atoms with E-state index in [1.807, 2.05) is 7.05 Å². The Hall–Kier alpha value is -1.77. The number of carbonyl (C=O) groups is 1. The quantitative estimate of drug-likeness (QED) is 0.696. The van der Waals surface area contributed by atoms with Crippen LogP contribution in [0.2, 0.25) is 0 Å². The summed E-state index contributed by atoms with van der Waals surface area (Å²) in [5, 5.41) is 5.82. The molecule has 0 saturated carbocycles. The van der Waals surface area contributed by atoms with Gasteiger partial charge in [-0.15, -0.1) is 36.9 Å². The summed E-state index contributed by atoms with van der Waals surface area (Å²) in [6.45, 7) is 1.40. The maximum Gasteiger partial charge on any atom is 0.573 e. The number of hydrogen-bond donors (Lipinski definition) is 2. The van der Waals surface area contributed by atoms with Gasteiger partial charge in [-0.2, -0.15) is 0 Å². The Kier molecular flexibility index (Phi) is 8.21. The Morgan fingerprint density at radius 3 is 2.40 bits per heavy atom. The van der Waals surface area contributed by atoms with Crippen LogP contribution in [0.4, 0.5) is 13.2 Å². The van der Waals surface area contributed by atoms with Crippen LogP contribution < -0.4 is 15.4 Å². The van der Waals surface area contributed by atoms with E-state index < -0.39 is 6.36 Å². The van der Waals surface area contributed by atoms with E-state index in [4.69, 9.17) is 0 Å². The average molecular weight is 395 g/mol. The van der Waals surface area contributed by atoms with E-state index in [1.165, 1.54) is 35.6 Å². The third-order valence-corrected chi connectivity index (χ3v) is 4.22. The normalized spacial score (nSPS) is 10.9. The Bertz CT molecular complexity index is 675. The molecule has 2 N–H and O–H groups in total. The highest BCUT2D eigenvalue weighted by molar-refractivity contribution is 7.17. The zero-order chi connectivity index (χ0) is 17.6. The predicted molar refractivity (Wildman–Crippen MR) is 94.6 cm³/mol. The van der Waals surface area contributed by atoms with Crippen molar-refractivity contribution >= 4 is 29.7 Å². The fourth-order valence-electron chi connectivity index (χ4n) is 1.99. The summed E-state index contributed by atoms with van der Waals surface area (Å²) in [6.07, 6.45) is -3.87. The molecule has 1 aromatic carbocycles. The number of rotatable bonds is 7. The fourth-order valence-corrected chi connectivity index (χ4v) is 2.92. The highest BCUT2D eigenvalue weighted by Crippen LogP contribution is 2.30.